The first kappa shape index (κ1) is 17.5. The van der Waals surface area contributed by atoms with Gasteiger partial charge in [-0.1, -0.05) is 0 Å². The molecule has 0 aromatic rings. The normalized spacial score (nSPS) is 13.8. The number of ether oxygens (including phenoxy) is 1. The number of carboxylic acid groups (broad SMARTS) is 1. The number of alkyl carbamates (subject to hydrolysis) is 1. The summed E-state index contributed by atoms with van der Waals surface area (Å²) in [5, 5.41) is 10.7. The average Bonchev–Trinajstić information content (AvgIpc) is 2.11. The quantitative estimate of drug-likeness (QED) is 0.761. The van der Waals surface area contributed by atoms with Crippen molar-refractivity contribution < 1.29 is 32.6 Å². The largest absolute Gasteiger partial charge is 0.481 e. The molecule has 1 amide bonds. The molecule has 0 radical (unpaired) electrons. The third-order valence-electron chi connectivity index (χ3n) is 2.03. The van der Waals surface area contributed by atoms with Crippen molar-refractivity contribution in [3.8, 4) is 0 Å². The molecule has 0 aliphatic heterocycles. The maximum Gasteiger partial charge on any atom is 0.407 e. The van der Waals surface area contributed by atoms with Gasteiger partial charge in [-0.25, -0.2) is 4.79 Å². The Morgan fingerprint density at radius 1 is 1.26 bits per heavy atom. The highest BCUT2D eigenvalue weighted by molar-refractivity contribution is 5.71. The maximum absolute atomic E-state index is 12.3. The molecule has 0 aliphatic rings. The first-order valence-corrected chi connectivity index (χ1v) is 5.70. The van der Waals surface area contributed by atoms with E-state index in [9.17, 15) is 22.8 Å². The van der Waals surface area contributed by atoms with Crippen molar-refractivity contribution in [2.24, 2.45) is 5.92 Å². The molecule has 0 saturated heterocycles. The summed E-state index contributed by atoms with van der Waals surface area (Å²) in [5.74, 6) is -4.32. The zero-order valence-electron chi connectivity index (χ0n) is 11.0. The van der Waals surface area contributed by atoms with Crippen LogP contribution in [0.25, 0.3) is 0 Å². The number of hydrogen-bond acceptors (Lipinski definition) is 3. The molecule has 5 nitrogen and oxygen atoms in total. The van der Waals surface area contributed by atoms with Crippen molar-refractivity contribution in [2.45, 2.75) is 45.4 Å². The predicted octanol–water partition coefficient (Wildman–Crippen LogP) is 2.55. The number of aliphatic carboxylic acids is 1. The first-order chi connectivity index (χ1) is 8.43. The van der Waals surface area contributed by atoms with Crippen molar-refractivity contribution in [1.82, 2.24) is 5.32 Å². The average molecular weight is 285 g/mol. The summed E-state index contributed by atoms with van der Waals surface area (Å²) >= 11 is 0. The molecule has 8 heteroatoms. The van der Waals surface area contributed by atoms with Gasteiger partial charge in [0.2, 0.25) is 0 Å². The van der Waals surface area contributed by atoms with E-state index in [1.165, 1.54) is 0 Å². The summed E-state index contributed by atoms with van der Waals surface area (Å²) < 4.78 is 41.7. The Morgan fingerprint density at radius 2 is 1.79 bits per heavy atom. The molecule has 0 bridgehead atoms. The van der Waals surface area contributed by atoms with E-state index in [0.29, 0.717) is 0 Å². The number of nitrogens with one attached hydrogen (secondary N) is 1. The Labute approximate surface area is 109 Å². The molecule has 0 spiro atoms. The van der Waals surface area contributed by atoms with Crippen LogP contribution < -0.4 is 5.32 Å². The minimum atomic E-state index is -4.78. The second kappa shape index (κ2) is 6.63. The number of carbonyl (C=O) groups excluding carboxylic acids is 1. The van der Waals surface area contributed by atoms with Crippen molar-refractivity contribution in [2.75, 3.05) is 6.54 Å². The van der Waals surface area contributed by atoms with Gasteiger partial charge in [-0.3, -0.25) is 4.79 Å². The van der Waals surface area contributed by atoms with E-state index in [1.807, 2.05) is 0 Å². The van der Waals surface area contributed by atoms with E-state index in [4.69, 9.17) is 9.84 Å². The van der Waals surface area contributed by atoms with Crippen LogP contribution in [-0.4, -0.2) is 35.5 Å². The van der Waals surface area contributed by atoms with Crippen LogP contribution in [0.3, 0.4) is 0 Å². The Kier molecular flexibility index (Phi) is 6.11. The third-order valence-corrected chi connectivity index (χ3v) is 2.03. The number of amides is 1. The highest BCUT2D eigenvalue weighted by atomic mass is 19.4. The summed E-state index contributed by atoms with van der Waals surface area (Å²) in [6.07, 6.45) is -6.21. The zero-order chi connectivity index (χ0) is 15.3. The van der Waals surface area contributed by atoms with Gasteiger partial charge in [0.25, 0.3) is 0 Å². The van der Waals surface area contributed by atoms with E-state index >= 15 is 0 Å². The van der Waals surface area contributed by atoms with Gasteiger partial charge in [-0.05, 0) is 33.6 Å². The lowest BCUT2D eigenvalue weighted by atomic mass is 10.0. The number of alkyl halides is 3. The second-order valence-corrected chi connectivity index (χ2v) is 5.00. The van der Waals surface area contributed by atoms with Gasteiger partial charge in [0.05, 0.1) is 0 Å². The van der Waals surface area contributed by atoms with Crippen LogP contribution in [0.15, 0.2) is 0 Å². The van der Waals surface area contributed by atoms with E-state index in [2.05, 4.69) is 5.32 Å². The molecule has 0 aromatic heterocycles. The number of carboxylic acids is 1. The molecule has 0 rings (SSSR count). The lowest BCUT2D eigenvalue weighted by Gasteiger charge is -2.20. The summed E-state index contributed by atoms with van der Waals surface area (Å²) in [4.78, 5) is 21.6. The van der Waals surface area contributed by atoms with Crippen molar-refractivity contribution >= 4 is 12.1 Å². The Hall–Kier alpha value is -1.47. The van der Waals surface area contributed by atoms with Crippen molar-refractivity contribution in [3.63, 3.8) is 0 Å². The van der Waals surface area contributed by atoms with E-state index < -0.39 is 36.2 Å². The molecule has 0 aromatic carbocycles. The van der Waals surface area contributed by atoms with Crippen LogP contribution >= 0.6 is 0 Å². The molecule has 112 valence electrons. The molecule has 0 saturated carbocycles. The van der Waals surface area contributed by atoms with Crippen LogP contribution in [0.1, 0.15) is 33.6 Å². The Morgan fingerprint density at radius 3 is 2.16 bits per heavy atom. The van der Waals surface area contributed by atoms with Crippen molar-refractivity contribution in [1.29, 1.82) is 0 Å². The molecule has 0 heterocycles. The van der Waals surface area contributed by atoms with Gasteiger partial charge in [0.1, 0.15) is 5.60 Å². The van der Waals surface area contributed by atoms with Gasteiger partial charge < -0.3 is 15.2 Å². The summed E-state index contributed by atoms with van der Waals surface area (Å²) in [6.45, 7) is 4.87. The summed E-state index contributed by atoms with van der Waals surface area (Å²) in [6, 6.07) is 0. The Bertz CT molecular complexity index is 323. The van der Waals surface area contributed by atoms with Gasteiger partial charge in [-0.15, -0.1) is 0 Å². The second-order valence-electron chi connectivity index (χ2n) is 5.00. The highest BCUT2D eigenvalue weighted by Crippen LogP contribution is 2.29. The summed E-state index contributed by atoms with van der Waals surface area (Å²) in [5.41, 5.74) is -0.695. The van der Waals surface area contributed by atoms with Gasteiger partial charge in [-0.2, -0.15) is 13.2 Å². The number of carbonyl (C=O) groups is 2. The minimum absolute atomic E-state index is 0.0746. The molecule has 19 heavy (non-hydrogen) atoms. The van der Waals surface area contributed by atoms with E-state index in [-0.39, 0.29) is 13.0 Å². The minimum Gasteiger partial charge on any atom is -0.481 e. The van der Waals surface area contributed by atoms with Gasteiger partial charge in [0, 0.05) is 6.54 Å². The van der Waals surface area contributed by atoms with Crippen LogP contribution in [-0.2, 0) is 9.53 Å². The molecular weight excluding hydrogens is 267 g/mol. The predicted molar refractivity (Wildman–Crippen MR) is 60.7 cm³/mol. The fourth-order valence-corrected chi connectivity index (χ4v) is 1.24. The molecule has 0 aliphatic carbocycles. The number of rotatable bonds is 5. The van der Waals surface area contributed by atoms with Crippen LogP contribution in [0, 0.1) is 5.92 Å². The van der Waals surface area contributed by atoms with Gasteiger partial charge >= 0.3 is 18.2 Å². The molecular formula is C11H18F3NO4. The molecule has 2 N–H and O–H groups in total. The van der Waals surface area contributed by atoms with E-state index in [0.717, 1.165) is 0 Å². The fourth-order valence-electron chi connectivity index (χ4n) is 1.24. The fraction of sp³-hybridized carbons (Fsp3) is 0.818. The number of halogens is 3. The smallest absolute Gasteiger partial charge is 0.407 e. The lowest BCUT2D eigenvalue weighted by molar-refractivity contribution is -0.194. The topological polar surface area (TPSA) is 75.6 Å². The van der Waals surface area contributed by atoms with E-state index in [1.54, 1.807) is 20.8 Å². The van der Waals surface area contributed by atoms with Crippen molar-refractivity contribution in [3.05, 3.63) is 0 Å². The standard InChI is InChI=1S/C11H18F3NO4/c1-10(2,3)19-9(18)15-6-4-5-7(8(16)17)11(12,13)14/h7H,4-6H2,1-3H3,(H,15,18)(H,16,17)/t7-/m1/s1. The summed E-state index contributed by atoms with van der Waals surface area (Å²) in [7, 11) is 0. The lowest BCUT2D eigenvalue weighted by Crippen LogP contribution is -2.34. The molecule has 0 unspecified atom stereocenters. The third kappa shape index (κ3) is 8.28. The van der Waals surface area contributed by atoms with Crippen LogP contribution in [0.4, 0.5) is 18.0 Å². The Balaban J connectivity index is 4.03. The molecule has 1 atom stereocenters. The monoisotopic (exact) mass is 285 g/mol. The first-order valence-electron chi connectivity index (χ1n) is 5.70. The van der Waals surface area contributed by atoms with Crippen LogP contribution in [0.5, 0.6) is 0 Å². The maximum atomic E-state index is 12.3. The number of hydrogen-bond donors (Lipinski definition) is 2. The highest BCUT2D eigenvalue weighted by Gasteiger charge is 2.44. The SMILES string of the molecule is CC(C)(C)OC(=O)NCCC[C@H](C(=O)O)C(F)(F)F. The molecule has 0 fully saturated rings. The zero-order valence-corrected chi connectivity index (χ0v) is 11.0. The van der Waals surface area contributed by atoms with Gasteiger partial charge in [0.15, 0.2) is 5.92 Å². The van der Waals surface area contributed by atoms with Crippen LogP contribution in [0.2, 0.25) is 0 Å².